The van der Waals surface area contributed by atoms with Crippen LogP contribution in [0.1, 0.15) is 17.8 Å². The predicted octanol–water partition coefficient (Wildman–Crippen LogP) is 0.480. The highest BCUT2D eigenvalue weighted by Gasteiger charge is 2.21. The summed E-state index contributed by atoms with van der Waals surface area (Å²) in [4.78, 5) is 11.0. The summed E-state index contributed by atoms with van der Waals surface area (Å²) in [6, 6.07) is 0. The molecule has 5 nitrogen and oxygen atoms in total. The number of rotatable bonds is 6. The molecule has 5 heteroatoms. The third-order valence-electron chi connectivity index (χ3n) is 3.32. The maximum absolute atomic E-state index is 9.11. The standard InChI is InChI=1S/C13H21N3O2/c1-18-5-3-13-14-6-12(7-15-13)9-16-4-2-11(8-16)10-17/h6-7,11,17H,2-5,8-10H2,1H3. The number of methoxy groups -OCH3 is 1. The molecule has 1 saturated heterocycles. The van der Waals surface area contributed by atoms with Gasteiger partial charge in [0, 0.05) is 51.2 Å². The van der Waals surface area contributed by atoms with Crippen LogP contribution in [0.15, 0.2) is 12.4 Å². The van der Waals surface area contributed by atoms with Gasteiger partial charge in [0.05, 0.1) is 6.61 Å². The molecule has 1 unspecified atom stereocenters. The van der Waals surface area contributed by atoms with Gasteiger partial charge in [-0.25, -0.2) is 9.97 Å². The van der Waals surface area contributed by atoms with Crippen LogP contribution in [0, 0.1) is 5.92 Å². The molecule has 0 amide bonds. The minimum atomic E-state index is 0.295. The van der Waals surface area contributed by atoms with Gasteiger partial charge in [0.15, 0.2) is 0 Å². The lowest BCUT2D eigenvalue weighted by Crippen LogP contribution is -2.21. The average Bonchev–Trinajstić information content (AvgIpc) is 2.86. The van der Waals surface area contributed by atoms with E-state index in [1.807, 2.05) is 12.4 Å². The summed E-state index contributed by atoms with van der Waals surface area (Å²) in [5, 5.41) is 9.11. The fourth-order valence-corrected chi connectivity index (χ4v) is 2.25. The van der Waals surface area contributed by atoms with E-state index in [4.69, 9.17) is 9.84 Å². The van der Waals surface area contributed by atoms with Gasteiger partial charge in [-0.2, -0.15) is 0 Å². The lowest BCUT2D eigenvalue weighted by atomic mass is 10.1. The van der Waals surface area contributed by atoms with Crippen molar-refractivity contribution in [2.75, 3.05) is 33.4 Å². The van der Waals surface area contributed by atoms with Crippen molar-refractivity contribution in [1.29, 1.82) is 0 Å². The normalized spacial score (nSPS) is 20.4. The van der Waals surface area contributed by atoms with E-state index in [-0.39, 0.29) is 0 Å². The third-order valence-corrected chi connectivity index (χ3v) is 3.32. The van der Waals surface area contributed by atoms with Gasteiger partial charge in [-0.05, 0) is 18.9 Å². The molecule has 1 atom stereocenters. The first-order chi connectivity index (χ1) is 8.81. The Morgan fingerprint density at radius 3 is 2.83 bits per heavy atom. The fraction of sp³-hybridized carbons (Fsp3) is 0.692. The molecule has 1 N–H and O–H groups in total. The van der Waals surface area contributed by atoms with Gasteiger partial charge < -0.3 is 9.84 Å². The van der Waals surface area contributed by atoms with E-state index in [0.29, 0.717) is 19.1 Å². The Kier molecular flexibility index (Phi) is 5.04. The summed E-state index contributed by atoms with van der Waals surface area (Å²) in [6.45, 7) is 3.85. The third kappa shape index (κ3) is 3.73. The summed E-state index contributed by atoms with van der Waals surface area (Å²) in [7, 11) is 1.68. The van der Waals surface area contributed by atoms with Crippen LogP contribution in [0.5, 0.6) is 0 Å². The first-order valence-electron chi connectivity index (χ1n) is 6.43. The van der Waals surface area contributed by atoms with Crippen LogP contribution < -0.4 is 0 Å². The molecule has 2 rings (SSSR count). The lowest BCUT2D eigenvalue weighted by Gasteiger charge is -2.15. The molecule has 1 aromatic rings. The lowest BCUT2D eigenvalue weighted by molar-refractivity contribution is 0.200. The Hall–Kier alpha value is -1.04. The zero-order valence-corrected chi connectivity index (χ0v) is 10.9. The maximum Gasteiger partial charge on any atom is 0.130 e. The van der Waals surface area contributed by atoms with E-state index < -0.39 is 0 Å². The van der Waals surface area contributed by atoms with Crippen LogP contribution in [0.25, 0.3) is 0 Å². The predicted molar refractivity (Wildman–Crippen MR) is 68.1 cm³/mol. The van der Waals surface area contributed by atoms with Crippen LogP contribution in [0.4, 0.5) is 0 Å². The minimum Gasteiger partial charge on any atom is -0.396 e. The molecule has 1 aliphatic heterocycles. The molecule has 0 radical (unpaired) electrons. The minimum absolute atomic E-state index is 0.295. The van der Waals surface area contributed by atoms with Crippen molar-refractivity contribution in [3.63, 3.8) is 0 Å². The van der Waals surface area contributed by atoms with Crippen molar-refractivity contribution >= 4 is 0 Å². The highest BCUT2D eigenvalue weighted by Crippen LogP contribution is 2.17. The zero-order chi connectivity index (χ0) is 12.8. The summed E-state index contributed by atoms with van der Waals surface area (Å²) >= 11 is 0. The van der Waals surface area contributed by atoms with Crippen LogP contribution in [-0.4, -0.2) is 53.4 Å². The molecule has 0 aliphatic carbocycles. The van der Waals surface area contributed by atoms with Gasteiger partial charge in [-0.1, -0.05) is 0 Å². The number of aromatic nitrogens is 2. The number of likely N-dealkylation sites (tertiary alicyclic amines) is 1. The second-order valence-electron chi connectivity index (χ2n) is 4.82. The average molecular weight is 251 g/mol. The molecule has 1 aromatic heterocycles. The van der Waals surface area contributed by atoms with E-state index in [0.717, 1.165) is 43.9 Å². The first kappa shape index (κ1) is 13.4. The molecular formula is C13H21N3O2. The van der Waals surface area contributed by atoms with Crippen molar-refractivity contribution in [1.82, 2.24) is 14.9 Å². The van der Waals surface area contributed by atoms with Crippen LogP contribution in [0.2, 0.25) is 0 Å². The monoisotopic (exact) mass is 251 g/mol. The van der Waals surface area contributed by atoms with Gasteiger partial charge in [-0.15, -0.1) is 0 Å². The molecule has 1 aliphatic rings. The van der Waals surface area contributed by atoms with Crippen molar-refractivity contribution in [3.8, 4) is 0 Å². The number of ether oxygens (including phenoxy) is 1. The van der Waals surface area contributed by atoms with Crippen molar-refractivity contribution < 1.29 is 9.84 Å². The van der Waals surface area contributed by atoms with Gasteiger partial charge in [-0.3, -0.25) is 4.90 Å². The van der Waals surface area contributed by atoms with Gasteiger partial charge in [0.1, 0.15) is 5.82 Å². The number of aliphatic hydroxyl groups is 1. The number of aliphatic hydroxyl groups excluding tert-OH is 1. The van der Waals surface area contributed by atoms with Crippen LogP contribution in [0.3, 0.4) is 0 Å². The molecule has 100 valence electrons. The van der Waals surface area contributed by atoms with Gasteiger partial charge in [0.25, 0.3) is 0 Å². The van der Waals surface area contributed by atoms with Gasteiger partial charge in [0.2, 0.25) is 0 Å². The fourth-order valence-electron chi connectivity index (χ4n) is 2.25. The molecule has 18 heavy (non-hydrogen) atoms. The molecule has 0 spiro atoms. The Morgan fingerprint density at radius 1 is 1.44 bits per heavy atom. The zero-order valence-electron chi connectivity index (χ0n) is 10.9. The molecular weight excluding hydrogens is 230 g/mol. The first-order valence-corrected chi connectivity index (χ1v) is 6.43. The second kappa shape index (κ2) is 6.78. The summed E-state index contributed by atoms with van der Waals surface area (Å²) < 4.78 is 5.00. The summed E-state index contributed by atoms with van der Waals surface area (Å²) in [5.41, 5.74) is 1.13. The van der Waals surface area contributed by atoms with Crippen LogP contribution >= 0.6 is 0 Å². The topological polar surface area (TPSA) is 58.5 Å². The maximum atomic E-state index is 9.11. The number of hydrogen-bond donors (Lipinski definition) is 1. The SMILES string of the molecule is COCCc1ncc(CN2CCC(CO)C2)cn1. The Labute approximate surface area is 108 Å². The Balaban J connectivity index is 1.83. The molecule has 0 bridgehead atoms. The largest absolute Gasteiger partial charge is 0.396 e. The quantitative estimate of drug-likeness (QED) is 0.797. The van der Waals surface area contributed by atoms with Crippen molar-refractivity contribution in [2.24, 2.45) is 5.92 Å². The Morgan fingerprint density at radius 2 is 2.22 bits per heavy atom. The van der Waals surface area contributed by atoms with Crippen molar-refractivity contribution in [2.45, 2.75) is 19.4 Å². The molecule has 1 fully saturated rings. The summed E-state index contributed by atoms with van der Waals surface area (Å²) in [5.74, 6) is 1.27. The number of hydrogen-bond acceptors (Lipinski definition) is 5. The number of nitrogens with zero attached hydrogens (tertiary/aromatic N) is 3. The molecule has 0 aromatic carbocycles. The second-order valence-corrected chi connectivity index (χ2v) is 4.82. The highest BCUT2D eigenvalue weighted by atomic mass is 16.5. The highest BCUT2D eigenvalue weighted by molar-refractivity contribution is 5.05. The summed E-state index contributed by atoms with van der Waals surface area (Å²) in [6.07, 6.45) is 5.63. The van der Waals surface area contributed by atoms with Crippen molar-refractivity contribution in [3.05, 3.63) is 23.8 Å². The Bertz CT molecular complexity index is 356. The smallest absolute Gasteiger partial charge is 0.130 e. The van der Waals surface area contributed by atoms with Gasteiger partial charge >= 0.3 is 0 Å². The van der Waals surface area contributed by atoms with Crippen LogP contribution in [-0.2, 0) is 17.7 Å². The van der Waals surface area contributed by atoms with E-state index in [1.165, 1.54) is 0 Å². The van der Waals surface area contributed by atoms with E-state index >= 15 is 0 Å². The molecule has 0 saturated carbocycles. The molecule has 2 heterocycles. The van der Waals surface area contributed by atoms with E-state index in [1.54, 1.807) is 7.11 Å². The van der Waals surface area contributed by atoms with E-state index in [9.17, 15) is 0 Å². The van der Waals surface area contributed by atoms with E-state index in [2.05, 4.69) is 14.9 Å².